The molecule has 0 radical (unpaired) electrons. The van der Waals surface area contributed by atoms with E-state index >= 15 is 0 Å². The summed E-state index contributed by atoms with van der Waals surface area (Å²) in [5.41, 5.74) is 2.18. The van der Waals surface area contributed by atoms with Gasteiger partial charge in [-0.3, -0.25) is 19.0 Å². The molecule has 8 heteroatoms. The van der Waals surface area contributed by atoms with E-state index in [0.29, 0.717) is 18.9 Å². The highest BCUT2D eigenvalue weighted by molar-refractivity contribution is 5.76. The van der Waals surface area contributed by atoms with Gasteiger partial charge in [0.05, 0.1) is 5.69 Å². The van der Waals surface area contributed by atoms with E-state index in [1.54, 1.807) is 10.9 Å². The van der Waals surface area contributed by atoms with Gasteiger partial charge in [0.15, 0.2) is 0 Å². The van der Waals surface area contributed by atoms with Crippen LogP contribution in [0.25, 0.3) is 0 Å². The highest BCUT2D eigenvalue weighted by Crippen LogP contribution is 2.27. The maximum absolute atomic E-state index is 13.1. The molecule has 1 saturated heterocycles. The van der Waals surface area contributed by atoms with Crippen molar-refractivity contribution in [1.82, 2.24) is 29.4 Å². The number of carbonyl (C=O) groups excluding carboxylic acids is 2. The third-order valence-electron chi connectivity index (χ3n) is 6.80. The predicted octanol–water partition coefficient (Wildman–Crippen LogP) is 2.79. The molecule has 2 aromatic heterocycles. The van der Waals surface area contributed by atoms with Gasteiger partial charge in [-0.05, 0) is 49.8 Å². The van der Waals surface area contributed by atoms with Gasteiger partial charge in [0.25, 0.3) is 0 Å². The van der Waals surface area contributed by atoms with Gasteiger partial charge in [0.1, 0.15) is 6.54 Å². The Balaban J connectivity index is 1.37. The Bertz CT molecular complexity index is 1050. The lowest BCUT2D eigenvalue weighted by molar-refractivity contribution is -0.137. The number of hydrogen-bond acceptors (Lipinski definition) is 4. The molecule has 1 atom stereocenters. The number of nitrogens with zero attached hydrogens (tertiary/aromatic N) is 6. The molecule has 8 nitrogen and oxygen atoms in total. The van der Waals surface area contributed by atoms with Gasteiger partial charge in [-0.15, -0.1) is 0 Å². The summed E-state index contributed by atoms with van der Waals surface area (Å²) >= 11 is 0. The van der Waals surface area contributed by atoms with Crippen LogP contribution in [0.3, 0.4) is 0 Å². The highest BCUT2D eigenvalue weighted by atomic mass is 16.2. The van der Waals surface area contributed by atoms with Crippen molar-refractivity contribution in [1.29, 1.82) is 0 Å². The maximum atomic E-state index is 13.1. The van der Waals surface area contributed by atoms with Gasteiger partial charge in [0, 0.05) is 57.7 Å². The molecule has 180 valence electrons. The molecule has 0 N–H and O–H groups in total. The number of piperidine rings is 1. The first-order chi connectivity index (χ1) is 16.5. The molecule has 3 heterocycles. The van der Waals surface area contributed by atoms with E-state index in [1.807, 2.05) is 71.2 Å². The van der Waals surface area contributed by atoms with Crippen molar-refractivity contribution >= 4 is 11.8 Å². The second-order valence-electron chi connectivity index (χ2n) is 9.15. The molecular weight excluding hydrogens is 428 g/mol. The Morgan fingerprint density at radius 2 is 1.82 bits per heavy atom. The van der Waals surface area contributed by atoms with Crippen LogP contribution in [0.4, 0.5) is 0 Å². The number of rotatable bonds is 9. The molecule has 0 saturated carbocycles. The SMILES string of the molecule is Cc1ccn(CCC(=O)N2CCC(C(Cc3ccccc3)N(C)C(=O)Cn3cccn3)CC2)n1. The Labute approximate surface area is 201 Å². The first-order valence-electron chi connectivity index (χ1n) is 12.0. The van der Waals surface area contributed by atoms with Crippen molar-refractivity contribution < 1.29 is 9.59 Å². The van der Waals surface area contributed by atoms with Gasteiger partial charge in [-0.25, -0.2) is 0 Å². The average Bonchev–Trinajstić information content (AvgIpc) is 3.53. The summed E-state index contributed by atoms with van der Waals surface area (Å²) in [6.07, 6.45) is 8.47. The predicted molar refractivity (Wildman–Crippen MR) is 130 cm³/mol. The van der Waals surface area contributed by atoms with Crippen molar-refractivity contribution in [3.8, 4) is 0 Å². The smallest absolute Gasteiger partial charge is 0.244 e. The van der Waals surface area contributed by atoms with Crippen molar-refractivity contribution in [3.63, 3.8) is 0 Å². The van der Waals surface area contributed by atoms with Gasteiger partial charge < -0.3 is 9.80 Å². The fourth-order valence-electron chi connectivity index (χ4n) is 4.79. The van der Waals surface area contributed by atoms with E-state index in [9.17, 15) is 9.59 Å². The molecule has 2 amide bonds. The fraction of sp³-hybridized carbons (Fsp3) is 0.462. The van der Waals surface area contributed by atoms with E-state index in [4.69, 9.17) is 0 Å². The van der Waals surface area contributed by atoms with Crippen LogP contribution in [0.15, 0.2) is 61.1 Å². The molecule has 0 aliphatic carbocycles. The van der Waals surface area contributed by atoms with E-state index in [-0.39, 0.29) is 24.4 Å². The van der Waals surface area contributed by atoms with E-state index in [0.717, 1.165) is 38.0 Å². The quantitative estimate of drug-likeness (QED) is 0.490. The highest BCUT2D eigenvalue weighted by Gasteiger charge is 2.32. The summed E-state index contributed by atoms with van der Waals surface area (Å²) < 4.78 is 3.50. The number of benzene rings is 1. The Hall–Kier alpha value is -3.42. The first kappa shape index (κ1) is 23.7. The summed E-state index contributed by atoms with van der Waals surface area (Å²) in [6, 6.07) is 14.2. The number of amides is 2. The number of likely N-dealkylation sites (tertiary alicyclic amines) is 1. The van der Waals surface area contributed by atoms with Crippen molar-refractivity contribution in [2.24, 2.45) is 5.92 Å². The van der Waals surface area contributed by atoms with E-state index in [1.165, 1.54) is 5.56 Å². The third kappa shape index (κ3) is 6.12. The lowest BCUT2D eigenvalue weighted by Gasteiger charge is -2.40. The van der Waals surface area contributed by atoms with Crippen LogP contribution in [0.1, 0.15) is 30.5 Å². The van der Waals surface area contributed by atoms with Crippen molar-refractivity contribution in [2.75, 3.05) is 20.1 Å². The minimum Gasteiger partial charge on any atom is -0.343 e. The van der Waals surface area contributed by atoms with E-state index < -0.39 is 0 Å². The topological polar surface area (TPSA) is 76.3 Å². The molecule has 4 rings (SSSR count). The molecule has 34 heavy (non-hydrogen) atoms. The largest absolute Gasteiger partial charge is 0.343 e. The molecule has 3 aromatic rings. The van der Waals surface area contributed by atoms with Crippen LogP contribution < -0.4 is 0 Å². The minimum atomic E-state index is 0.0534. The Morgan fingerprint density at radius 1 is 1.06 bits per heavy atom. The average molecular weight is 463 g/mol. The maximum Gasteiger partial charge on any atom is 0.244 e. The standard InChI is InChI=1S/C26H34N6O2/c1-21-9-17-31(28-21)18-12-25(33)30-15-10-23(11-16-30)24(19-22-7-4-3-5-8-22)29(2)26(34)20-32-14-6-13-27-32/h3-9,13-14,17,23-24H,10-12,15-16,18-20H2,1-2H3. The number of hydrogen-bond donors (Lipinski definition) is 0. The molecule has 0 bridgehead atoms. The van der Waals surface area contributed by atoms with Crippen LogP contribution >= 0.6 is 0 Å². The molecule has 1 fully saturated rings. The van der Waals surface area contributed by atoms with Crippen molar-refractivity contribution in [2.45, 2.75) is 51.7 Å². The Kier molecular flexibility index (Phi) is 7.77. The zero-order chi connectivity index (χ0) is 23.9. The minimum absolute atomic E-state index is 0.0534. The van der Waals surface area contributed by atoms with Crippen molar-refractivity contribution in [3.05, 3.63) is 72.3 Å². The summed E-state index contributed by atoms with van der Waals surface area (Å²) in [7, 11) is 1.91. The zero-order valence-corrected chi connectivity index (χ0v) is 20.1. The zero-order valence-electron chi connectivity index (χ0n) is 20.1. The second-order valence-corrected chi connectivity index (χ2v) is 9.15. The van der Waals surface area contributed by atoms with E-state index in [2.05, 4.69) is 22.3 Å². The van der Waals surface area contributed by atoms with Gasteiger partial charge >= 0.3 is 0 Å². The normalized spacial score (nSPS) is 15.3. The second kappa shape index (κ2) is 11.1. The van der Waals surface area contributed by atoms with Gasteiger partial charge in [-0.1, -0.05) is 30.3 Å². The summed E-state index contributed by atoms with van der Waals surface area (Å²) in [4.78, 5) is 29.7. The van der Waals surface area contributed by atoms with Crippen LogP contribution in [0.5, 0.6) is 0 Å². The van der Waals surface area contributed by atoms with Crippen LogP contribution in [-0.4, -0.2) is 67.4 Å². The number of aromatic nitrogens is 4. The summed E-state index contributed by atoms with van der Waals surface area (Å²) in [5.74, 6) is 0.566. The van der Waals surface area contributed by atoms with Gasteiger partial charge in [0.2, 0.25) is 11.8 Å². The number of carbonyl (C=O) groups is 2. The third-order valence-corrected chi connectivity index (χ3v) is 6.80. The lowest BCUT2D eigenvalue weighted by atomic mass is 9.85. The monoisotopic (exact) mass is 462 g/mol. The van der Waals surface area contributed by atoms with Crippen LogP contribution in [-0.2, 0) is 29.1 Å². The number of aryl methyl sites for hydroxylation is 2. The summed E-state index contributed by atoms with van der Waals surface area (Å²) in [6.45, 7) is 4.25. The van der Waals surface area contributed by atoms with Gasteiger partial charge in [-0.2, -0.15) is 10.2 Å². The van der Waals surface area contributed by atoms with Crippen LogP contribution in [0.2, 0.25) is 0 Å². The molecule has 0 spiro atoms. The Morgan fingerprint density at radius 3 is 2.47 bits per heavy atom. The summed E-state index contributed by atoms with van der Waals surface area (Å²) in [5, 5.41) is 8.55. The molecule has 1 aliphatic heterocycles. The lowest BCUT2D eigenvalue weighted by Crippen LogP contribution is -2.49. The fourth-order valence-corrected chi connectivity index (χ4v) is 4.79. The molecule has 1 unspecified atom stereocenters. The molecular formula is C26H34N6O2. The number of likely N-dealkylation sites (N-methyl/N-ethyl adjacent to an activating group) is 1. The van der Waals surface area contributed by atoms with Crippen LogP contribution in [0, 0.1) is 12.8 Å². The first-order valence-corrected chi connectivity index (χ1v) is 12.0. The molecule has 1 aliphatic rings. The molecule has 1 aromatic carbocycles.